The standard InChI is InChI=1S/C50H40N2S/c1-37-30-41(34-47(32-37)51(43-17-7-3-8-18-43)44-19-9-4-10-20-44)39-26-28-49(29-27-39)53-50-25-15-16-40(36-50)42-31-38(2)33-48(35-42)52(45-21-11-5-12-22-45)46-23-13-6-14-24-46/h3-36H,1-2H3. The van der Waals surface area contributed by atoms with E-state index >= 15 is 0 Å². The smallest absolute Gasteiger partial charge is 0.0470 e. The first-order valence-corrected chi connectivity index (χ1v) is 18.8. The van der Waals surface area contributed by atoms with E-state index in [1.54, 1.807) is 11.8 Å². The average molecular weight is 701 g/mol. The molecule has 8 aromatic carbocycles. The minimum Gasteiger partial charge on any atom is -0.310 e. The van der Waals surface area contributed by atoms with Crippen molar-refractivity contribution >= 4 is 45.9 Å². The van der Waals surface area contributed by atoms with Gasteiger partial charge in [-0.1, -0.05) is 121 Å². The van der Waals surface area contributed by atoms with Crippen LogP contribution in [0.5, 0.6) is 0 Å². The van der Waals surface area contributed by atoms with E-state index in [4.69, 9.17) is 0 Å². The highest BCUT2D eigenvalue weighted by Crippen LogP contribution is 2.40. The van der Waals surface area contributed by atoms with Gasteiger partial charge in [-0.15, -0.1) is 0 Å². The molecule has 0 aliphatic carbocycles. The van der Waals surface area contributed by atoms with Gasteiger partial charge < -0.3 is 9.80 Å². The van der Waals surface area contributed by atoms with Crippen LogP contribution in [0, 0.1) is 13.8 Å². The summed E-state index contributed by atoms with van der Waals surface area (Å²) in [6, 6.07) is 73.9. The van der Waals surface area contributed by atoms with Gasteiger partial charge >= 0.3 is 0 Å². The zero-order valence-corrected chi connectivity index (χ0v) is 30.7. The summed E-state index contributed by atoms with van der Waals surface area (Å²) in [6.07, 6.45) is 0. The molecule has 8 aromatic rings. The highest BCUT2D eigenvalue weighted by molar-refractivity contribution is 7.99. The van der Waals surface area contributed by atoms with E-state index in [0.29, 0.717) is 0 Å². The molecule has 53 heavy (non-hydrogen) atoms. The predicted molar refractivity (Wildman–Crippen MR) is 227 cm³/mol. The lowest BCUT2D eigenvalue weighted by Gasteiger charge is -2.26. The number of hydrogen-bond donors (Lipinski definition) is 0. The van der Waals surface area contributed by atoms with Gasteiger partial charge in [0.05, 0.1) is 0 Å². The molecule has 0 spiro atoms. The lowest BCUT2D eigenvalue weighted by atomic mass is 10.0. The fourth-order valence-electron chi connectivity index (χ4n) is 6.91. The second-order valence-electron chi connectivity index (χ2n) is 13.3. The van der Waals surface area contributed by atoms with Crippen LogP contribution in [0.4, 0.5) is 34.1 Å². The molecule has 0 saturated carbocycles. The first-order chi connectivity index (χ1) is 26.1. The Morgan fingerprint density at radius 2 is 0.698 bits per heavy atom. The summed E-state index contributed by atoms with van der Waals surface area (Å²) in [5, 5.41) is 0. The molecule has 0 bridgehead atoms. The number of benzene rings is 8. The quantitative estimate of drug-likeness (QED) is 0.140. The van der Waals surface area contributed by atoms with E-state index < -0.39 is 0 Å². The van der Waals surface area contributed by atoms with Crippen molar-refractivity contribution in [2.75, 3.05) is 9.80 Å². The van der Waals surface area contributed by atoms with E-state index in [1.807, 2.05) is 0 Å². The van der Waals surface area contributed by atoms with E-state index in [2.05, 4.69) is 230 Å². The van der Waals surface area contributed by atoms with Crippen molar-refractivity contribution in [3.63, 3.8) is 0 Å². The van der Waals surface area contributed by atoms with Gasteiger partial charge in [0.15, 0.2) is 0 Å². The van der Waals surface area contributed by atoms with Crippen molar-refractivity contribution in [2.45, 2.75) is 23.6 Å². The summed E-state index contributed by atoms with van der Waals surface area (Å²) in [5.41, 5.74) is 14.1. The topological polar surface area (TPSA) is 6.48 Å². The van der Waals surface area contributed by atoms with Crippen LogP contribution in [0.2, 0.25) is 0 Å². The van der Waals surface area contributed by atoms with Crippen LogP contribution in [0.25, 0.3) is 22.3 Å². The molecule has 256 valence electrons. The van der Waals surface area contributed by atoms with Crippen LogP contribution in [0.1, 0.15) is 11.1 Å². The van der Waals surface area contributed by atoms with Gasteiger partial charge in [0.2, 0.25) is 0 Å². The van der Waals surface area contributed by atoms with Gasteiger partial charge in [0, 0.05) is 43.9 Å². The maximum absolute atomic E-state index is 2.33. The largest absolute Gasteiger partial charge is 0.310 e. The fraction of sp³-hybridized carbons (Fsp3) is 0.0400. The normalized spacial score (nSPS) is 10.9. The molecular weight excluding hydrogens is 661 g/mol. The van der Waals surface area contributed by atoms with Crippen molar-refractivity contribution in [3.05, 3.63) is 217 Å². The van der Waals surface area contributed by atoms with Crippen LogP contribution in [-0.2, 0) is 0 Å². The molecule has 8 rings (SSSR count). The summed E-state index contributed by atoms with van der Waals surface area (Å²) in [6.45, 7) is 4.36. The molecule has 0 aliphatic rings. The Morgan fingerprint density at radius 1 is 0.283 bits per heavy atom. The third-order valence-electron chi connectivity index (χ3n) is 9.29. The van der Waals surface area contributed by atoms with E-state index in [0.717, 1.165) is 34.1 Å². The summed E-state index contributed by atoms with van der Waals surface area (Å²) in [5.74, 6) is 0. The number of aryl methyl sites for hydroxylation is 2. The summed E-state index contributed by atoms with van der Waals surface area (Å²) >= 11 is 1.80. The molecule has 0 heterocycles. The lowest BCUT2D eigenvalue weighted by molar-refractivity contribution is 1.27. The Labute approximate surface area is 317 Å². The molecule has 3 heteroatoms. The first kappa shape index (κ1) is 33.8. The first-order valence-electron chi connectivity index (χ1n) is 18.0. The Bertz CT molecular complexity index is 2350. The Balaban J connectivity index is 1.06. The van der Waals surface area contributed by atoms with Crippen LogP contribution in [-0.4, -0.2) is 0 Å². The Hall–Kier alpha value is -6.29. The second kappa shape index (κ2) is 15.5. The van der Waals surface area contributed by atoms with Gasteiger partial charge in [0.25, 0.3) is 0 Å². The Morgan fingerprint density at radius 3 is 1.13 bits per heavy atom. The Kier molecular flexibility index (Phi) is 9.91. The molecular formula is C50H40N2S. The lowest BCUT2D eigenvalue weighted by Crippen LogP contribution is -2.10. The zero-order chi connectivity index (χ0) is 36.0. The molecule has 2 nitrogen and oxygen atoms in total. The maximum atomic E-state index is 2.33. The van der Waals surface area contributed by atoms with Crippen LogP contribution in [0.15, 0.2) is 216 Å². The molecule has 0 saturated heterocycles. The van der Waals surface area contributed by atoms with Crippen molar-refractivity contribution in [1.82, 2.24) is 0 Å². The van der Waals surface area contributed by atoms with Crippen molar-refractivity contribution in [3.8, 4) is 22.3 Å². The maximum Gasteiger partial charge on any atom is 0.0470 e. The highest BCUT2D eigenvalue weighted by Gasteiger charge is 2.16. The van der Waals surface area contributed by atoms with Crippen molar-refractivity contribution in [2.24, 2.45) is 0 Å². The van der Waals surface area contributed by atoms with Crippen LogP contribution >= 0.6 is 11.8 Å². The van der Waals surface area contributed by atoms with Gasteiger partial charge in [0.1, 0.15) is 0 Å². The molecule has 0 N–H and O–H groups in total. The van der Waals surface area contributed by atoms with E-state index in [1.165, 1.54) is 43.2 Å². The summed E-state index contributed by atoms with van der Waals surface area (Å²) < 4.78 is 0. The zero-order valence-electron chi connectivity index (χ0n) is 29.9. The van der Waals surface area contributed by atoms with E-state index in [-0.39, 0.29) is 0 Å². The highest BCUT2D eigenvalue weighted by atomic mass is 32.2. The molecule has 0 aliphatic heterocycles. The molecule has 0 unspecified atom stereocenters. The van der Waals surface area contributed by atoms with Crippen LogP contribution in [0.3, 0.4) is 0 Å². The number of anilines is 6. The second-order valence-corrected chi connectivity index (χ2v) is 14.4. The predicted octanol–water partition coefficient (Wildman–Crippen LogP) is 14.7. The van der Waals surface area contributed by atoms with E-state index in [9.17, 15) is 0 Å². The number of hydrogen-bond acceptors (Lipinski definition) is 3. The number of rotatable bonds is 10. The van der Waals surface area contributed by atoms with Gasteiger partial charge in [-0.05, 0) is 144 Å². The van der Waals surface area contributed by atoms with Crippen LogP contribution < -0.4 is 9.80 Å². The molecule has 0 fully saturated rings. The fourth-order valence-corrected chi connectivity index (χ4v) is 7.79. The van der Waals surface area contributed by atoms with Gasteiger partial charge in [-0.25, -0.2) is 0 Å². The van der Waals surface area contributed by atoms with Crippen molar-refractivity contribution < 1.29 is 0 Å². The minimum absolute atomic E-state index is 1.13. The SMILES string of the molecule is Cc1cc(-c2ccc(Sc3cccc(-c4cc(C)cc(N(c5ccccc5)c5ccccc5)c4)c3)cc2)cc(N(c2ccccc2)c2ccccc2)c1. The average Bonchev–Trinajstić information content (AvgIpc) is 3.20. The third-order valence-corrected chi connectivity index (χ3v) is 10.3. The third kappa shape index (κ3) is 7.82. The van der Waals surface area contributed by atoms with Crippen molar-refractivity contribution in [1.29, 1.82) is 0 Å². The summed E-state index contributed by atoms with van der Waals surface area (Å²) in [4.78, 5) is 7.07. The number of para-hydroxylation sites is 4. The molecule has 0 radical (unpaired) electrons. The molecule has 0 amide bonds. The minimum atomic E-state index is 1.13. The summed E-state index contributed by atoms with van der Waals surface area (Å²) in [7, 11) is 0. The monoisotopic (exact) mass is 700 g/mol. The number of nitrogens with zero attached hydrogens (tertiary/aromatic N) is 2. The van der Waals surface area contributed by atoms with Gasteiger partial charge in [-0.3, -0.25) is 0 Å². The molecule has 0 aromatic heterocycles. The van der Waals surface area contributed by atoms with Gasteiger partial charge in [-0.2, -0.15) is 0 Å². The molecule has 0 atom stereocenters.